The van der Waals surface area contributed by atoms with E-state index < -0.39 is 6.10 Å². The van der Waals surface area contributed by atoms with Crippen LogP contribution in [0.5, 0.6) is 5.75 Å². The molecule has 0 saturated heterocycles. The summed E-state index contributed by atoms with van der Waals surface area (Å²) < 4.78 is 5.44. The van der Waals surface area contributed by atoms with Gasteiger partial charge in [0.25, 0.3) is 0 Å². The van der Waals surface area contributed by atoms with Gasteiger partial charge in [0.05, 0.1) is 12.7 Å². The number of aliphatic hydroxyl groups is 1. The van der Waals surface area contributed by atoms with Crippen LogP contribution in [-0.2, 0) is 11.2 Å². The molecule has 0 saturated carbocycles. The first kappa shape index (κ1) is 14.9. The quantitative estimate of drug-likeness (QED) is 0.838. The van der Waals surface area contributed by atoms with Crippen molar-refractivity contribution in [2.45, 2.75) is 39.2 Å². The van der Waals surface area contributed by atoms with Crippen LogP contribution >= 0.6 is 0 Å². The topological polar surface area (TPSA) is 58.6 Å². The highest BCUT2D eigenvalue weighted by Crippen LogP contribution is 2.28. The first-order valence-electron chi connectivity index (χ1n) is 7.37. The zero-order chi connectivity index (χ0) is 14.5. The average Bonchev–Trinajstić information content (AvgIpc) is 2.93. The fourth-order valence-corrected chi connectivity index (χ4v) is 2.53. The second kappa shape index (κ2) is 6.75. The Morgan fingerprint density at radius 3 is 2.85 bits per heavy atom. The lowest BCUT2D eigenvalue weighted by atomic mass is 10.0. The van der Waals surface area contributed by atoms with Crippen LogP contribution in [0, 0.1) is 5.92 Å². The van der Waals surface area contributed by atoms with Crippen molar-refractivity contribution in [3.63, 3.8) is 0 Å². The predicted octanol–water partition coefficient (Wildman–Crippen LogP) is 2.21. The number of amides is 1. The minimum absolute atomic E-state index is 0.0264. The van der Waals surface area contributed by atoms with Gasteiger partial charge in [0, 0.05) is 18.9 Å². The smallest absolute Gasteiger partial charge is 0.223 e. The molecule has 1 aliphatic rings. The van der Waals surface area contributed by atoms with Gasteiger partial charge in [-0.1, -0.05) is 19.9 Å². The molecule has 0 aromatic heterocycles. The van der Waals surface area contributed by atoms with Crippen molar-refractivity contribution in [2.75, 3.05) is 13.2 Å². The molecular weight excluding hydrogens is 254 g/mol. The van der Waals surface area contributed by atoms with Crippen LogP contribution in [0.2, 0.25) is 0 Å². The molecule has 110 valence electrons. The van der Waals surface area contributed by atoms with Crippen LogP contribution in [0.25, 0.3) is 0 Å². The predicted molar refractivity (Wildman–Crippen MR) is 77.7 cm³/mol. The van der Waals surface area contributed by atoms with Crippen LogP contribution in [0.1, 0.15) is 43.9 Å². The van der Waals surface area contributed by atoms with E-state index in [-0.39, 0.29) is 18.4 Å². The molecule has 1 aromatic rings. The lowest BCUT2D eigenvalue weighted by Crippen LogP contribution is -2.33. The van der Waals surface area contributed by atoms with Crippen LogP contribution < -0.4 is 10.1 Å². The standard InChI is InChI=1S/C16H23NO3/c1-3-11(4-2)16(19)17-10-14(18)12-5-6-15-13(9-12)7-8-20-15/h5-6,9,11,14,18H,3-4,7-8,10H2,1-2H3,(H,17,19). The summed E-state index contributed by atoms with van der Waals surface area (Å²) in [7, 11) is 0. The Bertz CT molecular complexity index is 469. The largest absolute Gasteiger partial charge is 0.493 e. The molecule has 1 aliphatic heterocycles. The van der Waals surface area contributed by atoms with Crippen molar-refractivity contribution in [2.24, 2.45) is 5.92 Å². The fraction of sp³-hybridized carbons (Fsp3) is 0.562. The molecule has 0 fully saturated rings. The van der Waals surface area contributed by atoms with E-state index in [1.54, 1.807) is 0 Å². The average molecular weight is 277 g/mol. The lowest BCUT2D eigenvalue weighted by Gasteiger charge is -2.16. The third kappa shape index (κ3) is 3.31. The molecule has 0 radical (unpaired) electrons. The Labute approximate surface area is 120 Å². The van der Waals surface area contributed by atoms with E-state index in [4.69, 9.17) is 4.74 Å². The summed E-state index contributed by atoms with van der Waals surface area (Å²) in [5.41, 5.74) is 1.96. The Morgan fingerprint density at radius 2 is 2.15 bits per heavy atom. The number of carbonyl (C=O) groups is 1. The maximum atomic E-state index is 11.9. The first-order chi connectivity index (χ1) is 9.65. The number of fused-ring (bicyclic) bond motifs is 1. The van der Waals surface area contributed by atoms with Crippen molar-refractivity contribution >= 4 is 5.91 Å². The van der Waals surface area contributed by atoms with Gasteiger partial charge >= 0.3 is 0 Å². The number of nitrogens with one attached hydrogen (secondary N) is 1. The van der Waals surface area contributed by atoms with Gasteiger partial charge < -0.3 is 15.2 Å². The third-order valence-electron chi connectivity index (χ3n) is 3.92. The van der Waals surface area contributed by atoms with E-state index in [0.29, 0.717) is 6.61 Å². The van der Waals surface area contributed by atoms with Gasteiger partial charge in [0.1, 0.15) is 5.75 Å². The SMILES string of the molecule is CCC(CC)C(=O)NCC(O)c1ccc2c(c1)CCO2. The van der Waals surface area contributed by atoms with Gasteiger partial charge in [0.2, 0.25) is 5.91 Å². The lowest BCUT2D eigenvalue weighted by molar-refractivity contribution is -0.125. The molecule has 4 nitrogen and oxygen atoms in total. The van der Waals surface area contributed by atoms with Crippen LogP contribution in [0.3, 0.4) is 0 Å². The van der Waals surface area contributed by atoms with Crippen molar-refractivity contribution < 1.29 is 14.6 Å². The molecule has 1 atom stereocenters. The first-order valence-corrected chi connectivity index (χ1v) is 7.37. The normalized spacial score (nSPS) is 14.8. The van der Waals surface area contributed by atoms with Crippen molar-refractivity contribution in [3.05, 3.63) is 29.3 Å². The molecule has 1 unspecified atom stereocenters. The maximum Gasteiger partial charge on any atom is 0.223 e. The third-order valence-corrected chi connectivity index (χ3v) is 3.92. The van der Waals surface area contributed by atoms with Crippen LogP contribution in [0.15, 0.2) is 18.2 Å². The van der Waals surface area contributed by atoms with Crippen molar-refractivity contribution in [1.29, 1.82) is 0 Å². The van der Waals surface area contributed by atoms with Crippen LogP contribution in [0.4, 0.5) is 0 Å². The highest BCUT2D eigenvalue weighted by atomic mass is 16.5. The zero-order valence-electron chi connectivity index (χ0n) is 12.2. The zero-order valence-corrected chi connectivity index (χ0v) is 12.2. The number of benzene rings is 1. The van der Waals surface area contributed by atoms with E-state index in [1.165, 1.54) is 0 Å². The van der Waals surface area contributed by atoms with Gasteiger partial charge in [-0.15, -0.1) is 0 Å². The Kier molecular flexibility index (Phi) is 5.01. The minimum atomic E-state index is -0.667. The van der Waals surface area contributed by atoms with Crippen molar-refractivity contribution in [3.8, 4) is 5.75 Å². The van der Waals surface area contributed by atoms with E-state index >= 15 is 0 Å². The Morgan fingerprint density at radius 1 is 1.40 bits per heavy atom. The second-order valence-electron chi connectivity index (χ2n) is 5.24. The van der Waals surface area contributed by atoms with E-state index in [2.05, 4.69) is 5.32 Å². The van der Waals surface area contributed by atoms with E-state index in [1.807, 2.05) is 32.0 Å². The molecule has 20 heavy (non-hydrogen) atoms. The molecule has 1 heterocycles. The maximum absolute atomic E-state index is 11.9. The van der Waals surface area contributed by atoms with Crippen molar-refractivity contribution in [1.82, 2.24) is 5.32 Å². The molecule has 2 N–H and O–H groups in total. The van der Waals surface area contributed by atoms with Gasteiger partial charge in [-0.2, -0.15) is 0 Å². The van der Waals surface area contributed by atoms with Gasteiger partial charge in [-0.25, -0.2) is 0 Å². The molecule has 0 bridgehead atoms. The highest BCUT2D eigenvalue weighted by molar-refractivity contribution is 5.78. The number of hydrogen-bond donors (Lipinski definition) is 2. The monoisotopic (exact) mass is 277 g/mol. The molecule has 0 aliphatic carbocycles. The van der Waals surface area contributed by atoms with Gasteiger partial charge in [-0.05, 0) is 36.1 Å². The summed E-state index contributed by atoms with van der Waals surface area (Å²) in [4.78, 5) is 11.9. The van der Waals surface area contributed by atoms with E-state index in [0.717, 1.165) is 36.1 Å². The number of aliphatic hydroxyl groups excluding tert-OH is 1. The Balaban J connectivity index is 1.92. The summed E-state index contributed by atoms with van der Waals surface area (Å²) in [5, 5.41) is 13.0. The molecule has 1 aromatic carbocycles. The fourth-order valence-electron chi connectivity index (χ4n) is 2.53. The summed E-state index contributed by atoms with van der Waals surface area (Å²) in [6, 6.07) is 5.72. The molecule has 1 amide bonds. The summed E-state index contributed by atoms with van der Waals surface area (Å²) in [5.74, 6) is 0.969. The Hall–Kier alpha value is -1.55. The van der Waals surface area contributed by atoms with Gasteiger partial charge in [-0.3, -0.25) is 4.79 Å². The van der Waals surface area contributed by atoms with E-state index in [9.17, 15) is 9.90 Å². The summed E-state index contributed by atoms with van der Waals surface area (Å²) in [6.07, 6.45) is 1.87. The minimum Gasteiger partial charge on any atom is -0.493 e. The summed E-state index contributed by atoms with van der Waals surface area (Å²) in [6.45, 7) is 4.98. The highest BCUT2D eigenvalue weighted by Gasteiger charge is 2.18. The van der Waals surface area contributed by atoms with Gasteiger partial charge in [0.15, 0.2) is 0 Å². The number of carbonyl (C=O) groups excluding carboxylic acids is 1. The second-order valence-corrected chi connectivity index (χ2v) is 5.24. The summed E-state index contributed by atoms with van der Waals surface area (Å²) >= 11 is 0. The molecule has 2 rings (SSSR count). The molecule has 0 spiro atoms. The number of rotatable bonds is 6. The number of ether oxygens (including phenoxy) is 1. The molecular formula is C16H23NO3. The number of hydrogen-bond acceptors (Lipinski definition) is 3. The van der Waals surface area contributed by atoms with Crippen LogP contribution in [-0.4, -0.2) is 24.2 Å². The molecule has 4 heteroatoms.